The van der Waals surface area contributed by atoms with Crippen LogP contribution in [0.2, 0.25) is 0 Å². The van der Waals surface area contributed by atoms with E-state index in [0.717, 1.165) is 31.6 Å². The third-order valence-corrected chi connectivity index (χ3v) is 3.63. The number of hydrogen-bond donors (Lipinski definition) is 2. The second-order valence-electron chi connectivity index (χ2n) is 5.13. The summed E-state index contributed by atoms with van der Waals surface area (Å²) in [4.78, 5) is 14.2. The summed E-state index contributed by atoms with van der Waals surface area (Å²) in [6.45, 7) is 3.94. The van der Waals surface area contributed by atoms with Crippen LogP contribution in [0.4, 0.5) is 11.4 Å². The number of nitrogen functional groups attached to an aromatic ring is 1. The first-order valence-electron chi connectivity index (χ1n) is 7.08. The first-order valence-corrected chi connectivity index (χ1v) is 7.08. The van der Waals surface area contributed by atoms with E-state index in [-0.39, 0.29) is 18.5 Å². The molecule has 3 N–H and O–H groups in total. The average molecular weight is 278 g/mol. The van der Waals surface area contributed by atoms with Gasteiger partial charge in [-0.15, -0.1) is 0 Å². The Bertz CT molecular complexity index is 476. The number of hydrogen-bond acceptors (Lipinski definition) is 5. The van der Waals surface area contributed by atoms with Crippen LogP contribution in [0, 0.1) is 5.92 Å². The van der Waals surface area contributed by atoms with E-state index in [1.54, 1.807) is 19.1 Å². The molecule has 1 aliphatic heterocycles. The SMILES string of the molecule is CCOC(=O)c1cc(N)ccc1N1CCCC(CO)C1. The molecule has 1 atom stereocenters. The molecule has 2 rings (SSSR count). The van der Waals surface area contributed by atoms with Gasteiger partial charge < -0.3 is 20.5 Å². The summed E-state index contributed by atoms with van der Waals surface area (Å²) in [6, 6.07) is 5.32. The highest BCUT2D eigenvalue weighted by Gasteiger charge is 2.23. The number of nitrogens with two attached hydrogens (primary N) is 1. The molecule has 1 fully saturated rings. The Morgan fingerprint density at radius 3 is 3.05 bits per heavy atom. The van der Waals surface area contributed by atoms with E-state index in [0.29, 0.717) is 17.9 Å². The zero-order valence-corrected chi connectivity index (χ0v) is 11.8. The van der Waals surface area contributed by atoms with Gasteiger partial charge in [-0.3, -0.25) is 0 Å². The largest absolute Gasteiger partial charge is 0.462 e. The summed E-state index contributed by atoms with van der Waals surface area (Å²) >= 11 is 0. The van der Waals surface area contributed by atoms with Crippen molar-refractivity contribution in [2.75, 3.05) is 36.9 Å². The fraction of sp³-hybridized carbons (Fsp3) is 0.533. The second kappa shape index (κ2) is 6.61. The van der Waals surface area contributed by atoms with Crippen LogP contribution in [0.15, 0.2) is 18.2 Å². The Morgan fingerprint density at radius 2 is 2.35 bits per heavy atom. The third kappa shape index (κ3) is 3.22. The second-order valence-corrected chi connectivity index (χ2v) is 5.13. The molecule has 0 saturated carbocycles. The van der Waals surface area contributed by atoms with Gasteiger partial charge in [-0.05, 0) is 43.9 Å². The Hall–Kier alpha value is -1.75. The van der Waals surface area contributed by atoms with Crippen LogP contribution < -0.4 is 10.6 Å². The number of carbonyl (C=O) groups is 1. The quantitative estimate of drug-likeness (QED) is 0.647. The van der Waals surface area contributed by atoms with E-state index >= 15 is 0 Å². The molecule has 1 unspecified atom stereocenters. The predicted octanol–water partition coefficient (Wildman–Crippen LogP) is 1.65. The van der Waals surface area contributed by atoms with E-state index in [1.165, 1.54) is 0 Å². The Labute approximate surface area is 119 Å². The van der Waals surface area contributed by atoms with Crippen LogP contribution in [-0.4, -0.2) is 37.4 Å². The maximum absolute atomic E-state index is 12.1. The summed E-state index contributed by atoms with van der Waals surface area (Å²) in [5, 5.41) is 9.32. The first kappa shape index (κ1) is 14.7. The van der Waals surface area contributed by atoms with E-state index < -0.39 is 0 Å². The van der Waals surface area contributed by atoms with Gasteiger partial charge in [0.15, 0.2) is 0 Å². The molecule has 0 aliphatic carbocycles. The van der Waals surface area contributed by atoms with E-state index in [9.17, 15) is 9.90 Å². The molecule has 1 saturated heterocycles. The number of carbonyl (C=O) groups excluding carboxylic acids is 1. The molecule has 5 heteroatoms. The zero-order valence-electron chi connectivity index (χ0n) is 11.8. The van der Waals surface area contributed by atoms with Crippen molar-refractivity contribution in [3.63, 3.8) is 0 Å². The van der Waals surface area contributed by atoms with Gasteiger partial charge in [-0.1, -0.05) is 0 Å². The summed E-state index contributed by atoms with van der Waals surface area (Å²) in [5.74, 6) is -0.0859. The Morgan fingerprint density at radius 1 is 1.55 bits per heavy atom. The average Bonchev–Trinajstić information content (AvgIpc) is 2.47. The molecule has 1 aromatic rings. The Balaban J connectivity index is 2.28. The van der Waals surface area contributed by atoms with Crippen LogP contribution in [0.1, 0.15) is 30.1 Å². The van der Waals surface area contributed by atoms with E-state index in [4.69, 9.17) is 10.5 Å². The lowest BCUT2D eigenvalue weighted by Gasteiger charge is -2.34. The molecule has 0 bridgehead atoms. The molecule has 5 nitrogen and oxygen atoms in total. The highest BCUT2D eigenvalue weighted by Crippen LogP contribution is 2.28. The van der Waals surface area contributed by atoms with Crippen molar-refractivity contribution < 1.29 is 14.6 Å². The molecular weight excluding hydrogens is 256 g/mol. The van der Waals surface area contributed by atoms with Crippen molar-refractivity contribution in [2.45, 2.75) is 19.8 Å². The van der Waals surface area contributed by atoms with Crippen LogP contribution in [-0.2, 0) is 4.74 Å². The van der Waals surface area contributed by atoms with Gasteiger partial charge in [0, 0.05) is 25.4 Å². The highest BCUT2D eigenvalue weighted by molar-refractivity contribution is 5.97. The number of nitrogens with zero attached hydrogens (tertiary/aromatic N) is 1. The zero-order chi connectivity index (χ0) is 14.5. The number of benzene rings is 1. The van der Waals surface area contributed by atoms with Crippen LogP contribution in [0.5, 0.6) is 0 Å². The van der Waals surface area contributed by atoms with Gasteiger partial charge >= 0.3 is 5.97 Å². The monoisotopic (exact) mass is 278 g/mol. The Kier molecular flexibility index (Phi) is 4.84. The van der Waals surface area contributed by atoms with Crippen LogP contribution in [0.3, 0.4) is 0 Å². The molecular formula is C15H22N2O3. The van der Waals surface area contributed by atoms with Gasteiger partial charge in [0.1, 0.15) is 0 Å². The summed E-state index contributed by atoms with van der Waals surface area (Å²) in [7, 11) is 0. The minimum atomic E-state index is -0.346. The molecule has 0 spiro atoms. The normalized spacial score (nSPS) is 18.9. The van der Waals surface area contributed by atoms with Gasteiger partial charge in [0.25, 0.3) is 0 Å². The number of anilines is 2. The molecule has 0 amide bonds. The number of ether oxygens (including phenoxy) is 1. The lowest BCUT2D eigenvalue weighted by atomic mass is 9.97. The standard InChI is InChI=1S/C15H22N2O3/c1-2-20-15(19)13-8-12(16)5-6-14(13)17-7-3-4-11(9-17)10-18/h5-6,8,11,18H,2-4,7,9-10,16H2,1H3. The lowest BCUT2D eigenvalue weighted by molar-refractivity contribution is 0.0527. The number of aliphatic hydroxyl groups excluding tert-OH is 1. The topological polar surface area (TPSA) is 75.8 Å². The highest BCUT2D eigenvalue weighted by atomic mass is 16.5. The van der Waals surface area contributed by atoms with Crippen molar-refractivity contribution in [3.8, 4) is 0 Å². The van der Waals surface area contributed by atoms with E-state index in [2.05, 4.69) is 4.90 Å². The number of aliphatic hydroxyl groups is 1. The molecule has 20 heavy (non-hydrogen) atoms. The number of rotatable bonds is 4. The lowest BCUT2D eigenvalue weighted by Crippen LogP contribution is -2.37. The van der Waals surface area contributed by atoms with Crippen LogP contribution in [0.25, 0.3) is 0 Å². The summed E-state index contributed by atoms with van der Waals surface area (Å²) in [6.07, 6.45) is 2.04. The van der Waals surface area contributed by atoms with Crippen molar-refractivity contribution in [3.05, 3.63) is 23.8 Å². The van der Waals surface area contributed by atoms with Gasteiger partial charge in [0.2, 0.25) is 0 Å². The molecule has 0 radical (unpaired) electrons. The fourth-order valence-corrected chi connectivity index (χ4v) is 2.63. The molecule has 0 aromatic heterocycles. The summed E-state index contributed by atoms with van der Waals surface area (Å²) < 4.78 is 5.10. The maximum atomic E-state index is 12.1. The number of esters is 1. The predicted molar refractivity (Wildman–Crippen MR) is 78.8 cm³/mol. The minimum absolute atomic E-state index is 0.181. The van der Waals surface area contributed by atoms with Crippen molar-refractivity contribution in [1.29, 1.82) is 0 Å². The third-order valence-electron chi connectivity index (χ3n) is 3.63. The summed E-state index contributed by atoms with van der Waals surface area (Å²) in [5.41, 5.74) is 7.68. The molecule has 1 aliphatic rings. The number of piperidine rings is 1. The molecule has 1 heterocycles. The smallest absolute Gasteiger partial charge is 0.340 e. The van der Waals surface area contributed by atoms with Gasteiger partial charge in [0.05, 0.1) is 17.9 Å². The molecule has 110 valence electrons. The van der Waals surface area contributed by atoms with Crippen LogP contribution >= 0.6 is 0 Å². The van der Waals surface area contributed by atoms with Crippen molar-refractivity contribution in [1.82, 2.24) is 0 Å². The van der Waals surface area contributed by atoms with Crippen molar-refractivity contribution >= 4 is 17.3 Å². The van der Waals surface area contributed by atoms with Crippen molar-refractivity contribution in [2.24, 2.45) is 5.92 Å². The van der Waals surface area contributed by atoms with Gasteiger partial charge in [-0.2, -0.15) is 0 Å². The first-order chi connectivity index (χ1) is 9.65. The fourth-order valence-electron chi connectivity index (χ4n) is 2.63. The van der Waals surface area contributed by atoms with Gasteiger partial charge in [-0.25, -0.2) is 4.79 Å². The minimum Gasteiger partial charge on any atom is -0.462 e. The molecule has 1 aromatic carbocycles. The van der Waals surface area contributed by atoms with E-state index in [1.807, 2.05) is 6.07 Å². The maximum Gasteiger partial charge on any atom is 0.340 e.